The van der Waals surface area contributed by atoms with Crippen LogP contribution in [0, 0.1) is 0 Å². The Hall–Kier alpha value is -2.60. The number of nitrogens with one attached hydrogen (secondary N) is 2. The second-order valence-electron chi connectivity index (χ2n) is 6.85. The Morgan fingerprint density at radius 1 is 1.33 bits per heavy atom. The van der Waals surface area contributed by atoms with E-state index in [2.05, 4.69) is 69.7 Å². The van der Waals surface area contributed by atoms with Crippen molar-refractivity contribution in [3.8, 4) is 0 Å². The van der Waals surface area contributed by atoms with Crippen molar-refractivity contribution in [1.29, 1.82) is 0 Å². The Labute approximate surface area is 161 Å². The van der Waals surface area contributed by atoms with E-state index in [0.29, 0.717) is 6.54 Å². The molecule has 1 aromatic carbocycles. The largest absolute Gasteiger partial charge is 0.375 e. The second-order valence-corrected chi connectivity index (χ2v) is 6.85. The molecule has 27 heavy (non-hydrogen) atoms. The fourth-order valence-corrected chi connectivity index (χ4v) is 3.18. The number of guanidine groups is 1. The normalized spacial score (nSPS) is 18.9. The van der Waals surface area contributed by atoms with Crippen LogP contribution in [0.2, 0.25) is 0 Å². The summed E-state index contributed by atoms with van der Waals surface area (Å²) in [6, 6.07) is 14.7. The number of rotatable bonds is 5. The summed E-state index contributed by atoms with van der Waals surface area (Å²) in [6.45, 7) is 7.43. The van der Waals surface area contributed by atoms with E-state index >= 15 is 0 Å². The van der Waals surface area contributed by atoms with Crippen LogP contribution in [0.15, 0.2) is 53.7 Å². The van der Waals surface area contributed by atoms with Gasteiger partial charge in [0.25, 0.3) is 0 Å². The van der Waals surface area contributed by atoms with Gasteiger partial charge in [0.2, 0.25) is 0 Å². The highest BCUT2D eigenvalue weighted by atomic mass is 16.5. The molecule has 2 aromatic rings. The van der Waals surface area contributed by atoms with Crippen LogP contribution in [-0.4, -0.2) is 43.8 Å². The van der Waals surface area contributed by atoms with Gasteiger partial charge in [-0.25, -0.2) is 4.98 Å². The van der Waals surface area contributed by atoms with Gasteiger partial charge >= 0.3 is 0 Å². The van der Waals surface area contributed by atoms with Crippen LogP contribution in [0.3, 0.4) is 0 Å². The number of aromatic nitrogens is 1. The van der Waals surface area contributed by atoms with E-state index in [4.69, 9.17) is 4.74 Å². The summed E-state index contributed by atoms with van der Waals surface area (Å²) < 4.78 is 5.62. The van der Waals surface area contributed by atoms with Gasteiger partial charge in [-0.1, -0.05) is 30.3 Å². The molecule has 1 fully saturated rings. The van der Waals surface area contributed by atoms with Crippen LogP contribution in [-0.2, 0) is 11.3 Å². The van der Waals surface area contributed by atoms with Crippen molar-refractivity contribution in [1.82, 2.24) is 15.6 Å². The molecule has 0 aliphatic carbocycles. The predicted molar refractivity (Wildman–Crippen MR) is 110 cm³/mol. The van der Waals surface area contributed by atoms with Crippen molar-refractivity contribution < 1.29 is 4.74 Å². The molecule has 6 heteroatoms. The van der Waals surface area contributed by atoms with E-state index < -0.39 is 0 Å². The zero-order chi connectivity index (χ0) is 19.1. The minimum Gasteiger partial charge on any atom is -0.375 e. The van der Waals surface area contributed by atoms with Gasteiger partial charge in [-0.3, -0.25) is 4.99 Å². The second kappa shape index (κ2) is 9.37. The lowest BCUT2D eigenvalue weighted by molar-refractivity contribution is 0.0529. The summed E-state index contributed by atoms with van der Waals surface area (Å²) in [7, 11) is 1.79. The monoisotopic (exact) mass is 367 g/mol. The van der Waals surface area contributed by atoms with E-state index in [-0.39, 0.29) is 12.1 Å². The standard InChI is InChI=1S/C21H29N5O/c1-16-15-26(11-12-27-16)20-13-18(9-10-23-20)14-24-21(22-3)25-17(2)19-7-5-4-6-8-19/h4-10,13,16-17H,11-12,14-15H2,1-3H3,(H2,22,24,25). The number of hydrogen-bond donors (Lipinski definition) is 2. The van der Waals surface area contributed by atoms with Crippen molar-refractivity contribution >= 4 is 11.8 Å². The zero-order valence-corrected chi connectivity index (χ0v) is 16.4. The van der Waals surface area contributed by atoms with Gasteiger partial charge < -0.3 is 20.3 Å². The molecule has 0 amide bonds. The van der Waals surface area contributed by atoms with Gasteiger partial charge in [0.1, 0.15) is 5.82 Å². The number of morpholine rings is 1. The first-order chi connectivity index (χ1) is 13.2. The number of hydrogen-bond acceptors (Lipinski definition) is 4. The SMILES string of the molecule is CN=C(NCc1ccnc(N2CCOC(C)C2)c1)NC(C)c1ccccc1. The molecular weight excluding hydrogens is 338 g/mol. The molecule has 1 saturated heterocycles. The number of aliphatic imine (C=N–C) groups is 1. The van der Waals surface area contributed by atoms with Crippen LogP contribution < -0.4 is 15.5 Å². The van der Waals surface area contributed by atoms with Crippen LogP contribution in [0.25, 0.3) is 0 Å². The molecule has 2 N–H and O–H groups in total. The third-order valence-corrected chi connectivity index (χ3v) is 4.71. The molecule has 0 saturated carbocycles. The van der Waals surface area contributed by atoms with Crippen molar-refractivity contribution in [2.75, 3.05) is 31.6 Å². The van der Waals surface area contributed by atoms with Crippen molar-refractivity contribution in [3.63, 3.8) is 0 Å². The molecule has 6 nitrogen and oxygen atoms in total. The number of nitrogens with zero attached hydrogens (tertiary/aromatic N) is 3. The molecule has 144 valence electrons. The van der Waals surface area contributed by atoms with Crippen LogP contribution >= 0.6 is 0 Å². The average Bonchev–Trinajstić information content (AvgIpc) is 2.72. The maximum atomic E-state index is 5.62. The molecule has 2 atom stereocenters. The first kappa shape index (κ1) is 19.2. The Kier molecular flexibility index (Phi) is 6.65. The summed E-state index contributed by atoms with van der Waals surface area (Å²) in [5.41, 5.74) is 2.41. The van der Waals surface area contributed by atoms with Gasteiger partial charge in [-0.05, 0) is 37.1 Å². The molecule has 2 heterocycles. The van der Waals surface area contributed by atoms with E-state index in [1.54, 1.807) is 7.05 Å². The van der Waals surface area contributed by atoms with E-state index in [9.17, 15) is 0 Å². The third kappa shape index (κ3) is 5.44. The highest BCUT2D eigenvalue weighted by Gasteiger charge is 2.18. The van der Waals surface area contributed by atoms with Crippen molar-refractivity contribution in [2.24, 2.45) is 4.99 Å². The highest BCUT2D eigenvalue weighted by molar-refractivity contribution is 5.80. The molecule has 0 spiro atoms. The van der Waals surface area contributed by atoms with E-state index in [1.165, 1.54) is 11.1 Å². The van der Waals surface area contributed by atoms with E-state index in [0.717, 1.165) is 31.5 Å². The molecule has 1 aromatic heterocycles. The molecule has 1 aliphatic rings. The molecular formula is C21H29N5O. The Morgan fingerprint density at radius 2 is 2.15 bits per heavy atom. The zero-order valence-electron chi connectivity index (χ0n) is 16.4. The first-order valence-corrected chi connectivity index (χ1v) is 9.49. The van der Waals surface area contributed by atoms with Gasteiger partial charge in [0.15, 0.2) is 5.96 Å². The van der Waals surface area contributed by atoms with Gasteiger partial charge in [-0.2, -0.15) is 0 Å². The topological polar surface area (TPSA) is 61.8 Å². The highest BCUT2D eigenvalue weighted by Crippen LogP contribution is 2.16. The first-order valence-electron chi connectivity index (χ1n) is 9.49. The quantitative estimate of drug-likeness (QED) is 0.629. The van der Waals surface area contributed by atoms with Gasteiger partial charge in [0, 0.05) is 32.9 Å². The minimum atomic E-state index is 0.181. The predicted octanol–water partition coefficient (Wildman–Crippen LogP) is 2.73. The van der Waals surface area contributed by atoms with Crippen LogP contribution in [0.5, 0.6) is 0 Å². The molecule has 0 bridgehead atoms. The minimum absolute atomic E-state index is 0.181. The van der Waals surface area contributed by atoms with Crippen LogP contribution in [0.4, 0.5) is 5.82 Å². The number of benzene rings is 1. The summed E-state index contributed by atoms with van der Waals surface area (Å²) in [6.07, 6.45) is 2.11. The van der Waals surface area contributed by atoms with E-state index in [1.807, 2.05) is 18.3 Å². The maximum Gasteiger partial charge on any atom is 0.191 e. The lowest BCUT2D eigenvalue weighted by Gasteiger charge is -2.32. The third-order valence-electron chi connectivity index (χ3n) is 4.71. The van der Waals surface area contributed by atoms with Crippen LogP contribution in [0.1, 0.15) is 31.0 Å². The summed E-state index contributed by atoms with van der Waals surface area (Å²) in [4.78, 5) is 11.2. The fourth-order valence-electron chi connectivity index (χ4n) is 3.18. The lowest BCUT2D eigenvalue weighted by Crippen LogP contribution is -2.41. The average molecular weight is 367 g/mol. The number of pyridine rings is 1. The number of anilines is 1. The summed E-state index contributed by atoms with van der Waals surface area (Å²) in [5, 5.41) is 6.83. The lowest BCUT2D eigenvalue weighted by atomic mass is 10.1. The fraction of sp³-hybridized carbons (Fsp3) is 0.429. The maximum absolute atomic E-state index is 5.62. The summed E-state index contributed by atoms with van der Waals surface area (Å²) >= 11 is 0. The smallest absolute Gasteiger partial charge is 0.191 e. The molecule has 3 rings (SSSR count). The van der Waals surface area contributed by atoms with Gasteiger partial charge in [-0.15, -0.1) is 0 Å². The number of ether oxygens (including phenoxy) is 1. The molecule has 1 aliphatic heterocycles. The van der Waals surface area contributed by atoms with Crippen molar-refractivity contribution in [3.05, 3.63) is 59.8 Å². The Morgan fingerprint density at radius 3 is 2.89 bits per heavy atom. The van der Waals surface area contributed by atoms with Crippen molar-refractivity contribution in [2.45, 2.75) is 32.5 Å². The Balaban J connectivity index is 1.57. The van der Waals surface area contributed by atoms with Gasteiger partial charge in [0.05, 0.1) is 18.8 Å². The summed E-state index contributed by atoms with van der Waals surface area (Å²) in [5.74, 6) is 1.79. The molecule has 2 unspecified atom stereocenters. The molecule has 0 radical (unpaired) electrons. The Bertz CT molecular complexity index is 749.